The van der Waals surface area contributed by atoms with E-state index in [2.05, 4.69) is 10.0 Å². The molecular formula is C13H14Cl3N3O4Si. The van der Waals surface area contributed by atoms with Crippen molar-refractivity contribution >= 4 is 55.1 Å². The smallest absolute Gasteiger partial charge is 0.359 e. The summed E-state index contributed by atoms with van der Waals surface area (Å²) in [5, 5.41) is 3.35. The third-order valence-corrected chi connectivity index (χ3v) is 3.71. The van der Waals surface area contributed by atoms with Gasteiger partial charge in [0.25, 0.3) is 3.79 Å². The Morgan fingerprint density at radius 3 is 2.33 bits per heavy atom. The predicted molar refractivity (Wildman–Crippen MR) is 93.5 cm³/mol. The largest absolute Gasteiger partial charge is 0.516 e. The number of halogens is 3. The van der Waals surface area contributed by atoms with Crippen molar-refractivity contribution in [3.05, 3.63) is 45.8 Å². The van der Waals surface area contributed by atoms with Crippen LogP contribution in [0.1, 0.15) is 22.1 Å². The Balaban J connectivity index is 3.23. The van der Waals surface area contributed by atoms with Gasteiger partial charge in [-0.15, -0.1) is 0 Å². The number of nitrogens with zero attached hydrogens (tertiary/aromatic N) is 3. The molecule has 0 fully saturated rings. The van der Waals surface area contributed by atoms with Crippen LogP contribution < -0.4 is 0 Å². The van der Waals surface area contributed by atoms with Crippen LogP contribution in [0.3, 0.4) is 0 Å². The van der Waals surface area contributed by atoms with Gasteiger partial charge in [-0.25, -0.2) is 9.59 Å². The van der Waals surface area contributed by atoms with Gasteiger partial charge in [-0.1, -0.05) is 53.0 Å². The number of carbonyl (C=O) groups is 2. The monoisotopic (exact) mass is 409 g/mol. The van der Waals surface area contributed by atoms with Crippen molar-refractivity contribution in [2.75, 3.05) is 0 Å². The fraction of sp³-hybridized carbons (Fsp3) is 0.385. The highest BCUT2D eigenvalue weighted by Gasteiger charge is 2.36. The molecule has 0 heterocycles. The molecule has 130 valence electrons. The maximum atomic E-state index is 12.3. The molecule has 0 saturated heterocycles. The first-order valence-electron chi connectivity index (χ1n) is 6.60. The molecule has 24 heavy (non-hydrogen) atoms. The highest BCUT2D eigenvalue weighted by Crippen LogP contribution is 2.32. The molecular weight excluding hydrogens is 397 g/mol. The highest BCUT2D eigenvalue weighted by atomic mass is 35.6. The van der Waals surface area contributed by atoms with Crippen molar-refractivity contribution in [2.45, 2.75) is 29.7 Å². The molecule has 0 spiro atoms. The van der Waals surface area contributed by atoms with E-state index in [1.165, 1.54) is 12.1 Å². The molecule has 1 unspecified atom stereocenters. The Morgan fingerprint density at radius 2 is 1.83 bits per heavy atom. The van der Waals surface area contributed by atoms with Crippen molar-refractivity contribution in [2.24, 2.45) is 5.11 Å². The molecule has 0 aliphatic carbocycles. The van der Waals surface area contributed by atoms with Gasteiger partial charge in [0.1, 0.15) is 0 Å². The summed E-state index contributed by atoms with van der Waals surface area (Å²) in [5.74, 6) is -1.86. The van der Waals surface area contributed by atoms with E-state index in [1.807, 2.05) is 19.6 Å². The summed E-state index contributed by atoms with van der Waals surface area (Å²) < 4.78 is 7.97. The zero-order valence-corrected chi connectivity index (χ0v) is 16.3. The molecule has 1 atom stereocenters. The number of carbonyl (C=O) groups excluding carboxylic acids is 2. The number of ether oxygens (including phenoxy) is 1. The van der Waals surface area contributed by atoms with Gasteiger partial charge in [0.2, 0.25) is 14.5 Å². The predicted octanol–water partition coefficient (Wildman–Crippen LogP) is 4.90. The maximum Gasteiger partial charge on any atom is 0.359 e. The van der Waals surface area contributed by atoms with E-state index < -0.39 is 30.3 Å². The third-order valence-electron chi connectivity index (χ3n) is 2.45. The number of rotatable bonds is 5. The minimum atomic E-state index is -2.35. The number of hydrogen-bond donors (Lipinski definition) is 0. The molecule has 1 rings (SSSR count). The second-order valence-corrected chi connectivity index (χ2v) is 12.3. The summed E-state index contributed by atoms with van der Waals surface area (Å²) in [6, 6.07) is 6.07. The van der Waals surface area contributed by atoms with Crippen LogP contribution in [-0.2, 0) is 14.0 Å². The van der Waals surface area contributed by atoms with Crippen LogP contribution in [0, 0.1) is 0 Å². The molecule has 1 aromatic carbocycles. The summed E-state index contributed by atoms with van der Waals surface area (Å²) in [7, 11) is -2.17. The maximum absolute atomic E-state index is 12.3. The van der Waals surface area contributed by atoms with Crippen molar-refractivity contribution in [1.29, 1.82) is 0 Å². The van der Waals surface area contributed by atoms with Gasteiger partial charge < -0.3 is 9.16 Å². The van der Waals surface area contributed by atoms with Crippen LogP contribution in [0.2, 0.25) is 19.6 Å². The lowest BCUT2D eigenvalue weighted by atomic mass is 10.1. The van der Waals surface area contributed by atoms with Crippen molar-refractivity contribution < 1.29 is 18.8 Å². The van der Waals surface area contributed by atoms with E-state index in [9.17, 15) is 9.59 Å². The molecule has 1 aromatic rings. The minimum Gasteiger partial charge on any atom is -0.516 e. The highest BCUT2D eigenvalue weighted by molar-refractivity contribution is 6.75. The SMILES string of the molecule is C[Si](C)(C)OC(=O)c1ccccc1C(N=[N+]=[N-])OC(=O)C(Cl)(Cl)Cl. The number of azide groups is 1. The van der Waals surface area contributed by atoms with Crippen LogP contribution in [0.15, 0.2) is 29.4 Å². The second-order valence-electron chi connectivity index (χ2n) is 5.55. The van der Waals surface area contributed by atoms with Crippen LogP contribution in [0.4, 0.5) is 0 Å². The summed E-state index contributed by atoms with van der Waals surface area (Å²) in [4.78, 5) is 26.7. The van der Waals surface area contributed by atoms with Gasteiger partial charge in [-0.2, -0.15) is 0 Å². The standard InChI is InChI=1S/C13H14Cl3N3O4Si/c1-24(2,3)23-11(20)9-7-5-4-6-8(9)10(18-19-17)22-12(21)13(14,15)16/h4-7,10H,1-3H3. The quantitative estimate of drug-likeness (QED) is 0.172. The first-order chi connectivity index (χ1) is 11.0. The molecule has 7 nitrogen and oxygen atoms in total. The average Bonchev–Trinajstić information content (AvgIpc) is 2.44. The number of benzene rings is 1. The van der Waals surface area contributed by atoms with Gasteiger partial charge in [0.15, 0.2) is 0 Å². The van der Waals surface area contributed by atoms with E-state index >= 15 is 0 Å². The Labute approximate surface area is 154 Å². The van der Waals surface area contributed by atoms with Crippen molar-refractivity contribution in [3.63, 3.8) is 0 Å². The topological polar surface area (TPSA) is 101 Å². The van der Waals surface area contributed by atoms with Crippen molar-refractivity contribution in [3.8, 4) is 0 Å². The van der Waals surface area contributed by atoms with Crippen LogP contribution in [-0.4, -0.2) is 24.0 Å². The van der Waals surface area contributed by atoms with Crippen LogP contribution in [0.5, 0.6) is 0 Å². The van der Waals surface area contributed by atoms with E-state index in [4.69, 9.17) is 49.5 Å². The zero-order valence-electron chi connectivity index (χ0n) is 13.0. The molecule has 11 heteroatoms. The molecule has 0 aliphatic heterocycles. The zero-order chi connectivity index (χ0) is 18.5. The van der Waals surface area contributed by atoms with Crippen molar-refractivity contribution in [1.82, 2.24) is 0 Å². The van der Waals surface area contributed by atoms with Gasteiger partial charge >= 0.3 is 11.9 Å². The molecule has 0 saturated carbocycles. The van der Waals surface area contributed by atoms with Gasteiger partial charge in [0.05, 0.1) is 5.56 Å². The molecule has 0 radical (unpaired) electrons. The Bertz CT molecular complexity index is 682. The lowest BCUT2D eigenvalue weighted by Crippen LogP contribution is -2.30. The van der Waals surface area contributed by atoms with Crippen LogP contribution >= 0.6 is 34.8 Å². The third kappa shape index (κ3) is 6.22. The van der Waals surface area contributed by atoms with Gasteiger partial charge in [-0.05, 0) is 36.4 Å². The number of hydrogen-bond acceptors (Lipinski definition) is 5. The Morgan fingerprint density at radius 1 is 1.25 bits per heavy atom. The molecule has 0 amide bonds. The normalized spacial score (nSPS) is 12.8. The summed E-state index contributed by atoms with van der Waals surface area (Å²) in [6.45, 7) is 5.50. The average molecular weight is 411 g/mol. The molecule has 0 bridgehead atoms. The van der Waals surface area contributed by atoms with Gasteiger partial charge in [-0.3, -0.25) is 0 Å². The van der Waals surface area contributed by atoms with E-state index in [1.54, 1.807) is 12.1 Å². The first-order valence-corrected chi connectivity index (χ1v) is 11.1. The first kappa shape index (κ1) is 20.6. The fourth-order valence-corrected chi connectivity index (χ4v) is 2.40. The van der Waals surface area contributed by atoms with E-state index in [0.717, 1.165) is 0 Å². The molecule has 0 aliphatic rings. The number of esters is 1. The lowest BCUT2D eigenvalue weighted by molar-refractivity contribution is -0.148. The van der Waals surface area contributed by atoms with E-state index in [0.29, 0.717) is 0 Å². The molecule has 0 N–H and O–H groups in total. The fourth-order valence-electron chi connectivity index (χ4n) is 1.60. The Kier molecular flexibility index (Phi) is 6.94. The second kappa shape index (κ2) is 8.09. The minimum absolute atomic E-state index is 0.0921. The van der Waals surface area contributed by atoms with E-state index in [-0.39, 0.29) is 11.1 Å². The van der Waals surface area contributed by atoms with Crippen LogP contribution in [0.25, 0.3) is 10.4 Å². The summed E-state index contributed by atoms with van der Waals surface area (Å²) >= 11 is 16.3. The number of alkyl halides is 3. The lowest BCUT2D eigenvalue weighted by Gasteiger charge is -2.21. The molecule has 0 aromatic heterocycles. The summed E-state index contributed by atoms with van der Waals surface area (Å²) in [6.07, 6.45) is -1.48. The summed E-state index contributed by atoms with van der Waals surface area (Å²) in [5.41, 5.74) is 8.91. The Hall–Kier alpha value is -1.44. The van der Waals surface area contributed by atoms with Gasteiger partial charge in [0, 0.05) is 10.5 Å².